The van der Waals surface area contributed by atoms with E-state index in [0.717, 1.165) is 23.3 Å². The number of carbonyl (C=O) groups is 1. The first-order valence-corrected chi connectivity index (χ1v) is 12.8. The van der Waals surface area contributed by atoms with E-state index in [-0.39, 0.29) is 16.7 Å². The van der Waals surface area contributed by atoms with Gasteiger partial charge >= 0.3 is 5.97 Å². The zero-order valence-corrected chi connectivity index (χ0v) is 22.4. The molecule has 0 amide bonds. The molecule has 1 atom stereocenters. The van der Waals surface area contributed by atoms with Gasteiger partial charge in [-0.3, -0.25) is 0 Å². The molecule has 0 radical (unpaired) electrons. The highest BCUT2D eigenvalue weighted by molar-refractivity contribution is 5.89. The Labute approximate surface area is 215 Å². The van der Waals surface area contributed by atoms with Gasteiger partial charge in [-0.15, -0.1) is 0 Å². The van der Waals surface area contributed by atoms with Crippen LogP contribution in [-0.4, -0.2) is 18.2 Å². The third kappa shape index (κ3) is 5.41. The second-order valence-electron chi connectivity index (χ2n) is 11.5. The highest BCUT2D eigenvalue weighted by Crippen LogP contribution is 2.46. The van der Waals surface area contributed by atoms with Crippen LogP contribution >= 0.6 is 0 Å². The van der Waals surface area contributed by atoms with Crippen molar-refractivity contribution in [3.63, 3.8) is 0 Å². The molecule has 0 aromatic heterocycles. The largest absolute Gasteiger partial charge is 0.497 e. The highest BCUT2D eigenvalue weighted by atomic mass is 16.5. The molecule has 3 nitrogen and oxygen atoms in total. The van der Waals surface area contributed by atoms with E-state index in [1.807, 2.05) is 31.2 Å². The molecule has 0 saturated carbocycles. The minimum Gasteiger partial charge on any atom is -0.497 e. The van der Waals surface area contributed by atoms with Crippen LogP contribution in [0.25, 0.3) is 6.08 Å². The third-order valence-electron chi connectivity index (χ3n) is 7.92. The SMILES string of the molecule is COc1ccc(CC(C=Cc2ccc(C(=O)O)c(C)c2)c2ccc3c(c2)C(C)(C)CCC3(C)C)cc1. The quantitative estimate of drug-likeness (QED) is 0.370. The Morgan fingerprint density at radius 1 is 0.944 bits per heavy atom. The van der Waals surface area contributed by atoms with Crippen LogP contribution in [0.1, 0.15) is 90.2 Å². The van der Waals surface area contributed by atoms with Gasteiger partial charge in [0.05, 0.1) is 12.7 Å². The summed E-state index contributed by atoms with van der Waals surface area (Å²) < 4.78 is 5.35. The van der Waals surface area contributed by atoms with Gasteiger partial charge in [0.25, 0.3) is 0 Å². The second kappa shape index (κ2) is 9.97. The lowest BCUT2D eigenvalue weighted by Gasteiger charge is -2.42. The number of rotatable bonds is 7. The standard InChI is InChI=1S/C33H38O3/c1-22-19-23(10-15-28(22)31(34)35)7-11-25(20-24-8-13-27(36-6)14-9-24)26-12-16-29-30(21-26)33(4,5)18-17-32(29,2)3/h7-16,19,21,25H,17-18,20H2,1-6H3,(H,34,35). The molecule has 188 valence electrons. The molecule has 3 aromatic rings. The average molecular weight is 483 g/mol. The van der Waals surface area contributed by atoms with Crippen LogP contribution in [0.3, 0.4) is 0 Å². The van der Waals surface area contributed by atoms with E-state index in [9.17, 15) is 9.90 Å². The van der Waals surface area contributed by atoms with Crippen molar-refractivity contribution in [1.82, 2.24) is 0 Å². The Bertz CT molecular complexity index is 1280. The Morgan fingerprint density at radius 3 is 2.22 bits per heavy atom. The van der Waals surface area contributed by atoms with Crippen LogP contribution in [0, 0.1) is 6.92 Å². The first kappa shape index (κ1) is 25.8. The number of aromatic carboxylic acids is 1. The summed E-state index contributed by atoms with van der Waals surface area (Å²) in [6, 6.07) is 20.9. The monoisotopic (exact) mass is 482 g/mol. The van der Waals surface area contributed by atoms with Gasteiger partial charge in [0.2, 0.25) is 0 Å². The molecular formula is C33H38O3. The van der Waals surface area contributed by atoms with Crippen molar-refractivity contribution >= 4 is 12.0 Å². The predicted molar refractivity (Wildman–Crippen MR) is 148 cm³/mol. The molecule has 3 heteroatoms. The molecule has 4 rings (SSSR count). The van der Waals surface area contributed by atoms with Gasteiger partial charge < -0.3 is 9.84 Å². The lowest BCUT2D eigenvalue weighted by atomic mass is 9.62. The molecule has 36 heavy (non-hydrogen) atoms. The van der Waals surface area contributed by atoms with Crippen molar-refractivity contribution < 1.29 is 14.6 Å². The van der Waals surface area contributed by atoms with E-state index in [1.54, 1.807) is 13.2 Å². The summed E-state index contributed by atoms with van der Waals surface area (Å²) in [6.45, 7) is 11.3. The number of ether oxygens (including phenoxy) is 1. The fraction of sp³-hybridized carbons (Fsp3) is 0.364. The van der Waals surface area contributed by atoms with Crippen molar-refractivity contribution in [2.45, 2.75) is 70.6 Å². The zero-order valence-electron chi connectivity index (χ0n) is 22.4. The molecule has 0 fully saturated rings. The molecule has 3 aromatic carbocycles. The predicted octanol–water partition coefficient (Wildman–Crippen LogP) is 8.09. The van der Waals surface area contributed by atoms with Crippen LogP contribution in [0.5, 0.6) is 5.75 Å². The Hall–Kier alpha value is -3.33. The fourth-order valence-electron chi connectivity index (χ4n) is 5.41. The number of benzene rings is 3. The first-order chi connectivity index (χ1) is 17.0. The van der Waals surface area contributed by atoms with Gasteiger partial charge in [-0.25, -0.2) is 4.79 Å². The summed E-state index contributed by atoms with van der Waals surface area (Å²) in [5.74, 6) is 0.154. The smallest absolute Gasteiger partial charge is 0.335 e. The number of allylic oxidation sites excluding steroid dienone is 1. The normalized spacial score (nSPS) is 16.9. The molecule has 1 N–H and O–H groups in total. The van der Waals surface area contributed by atoms with Crippen LogP contribution in [0.4, 0.5) is 0 Å². The summed E-state index contributed by atoms with van der Waals surface area (Å²) in [7, 11) is 1.69. The maximum Gasteiger partial charge on any atom is 0.335 e. The third-order valence-corrected chi connectivity index (χ3v) is 7.92. The van der Waals surface area contributed by atoms with E-state index in [2.05, 4.69) is 70.2 Å². The van der Waals surface area contributed by atoms with Crippen molar-refractivity contribution in [2.24, 2.45) is 0 Å². The Kier molecular flexibility index (Phi) is 7.13. The van der Waals surface area contributed by atoms with Crippen molar-refractivity contribution in [2.75, 3.05) is 7.11 Å². The maximum atomic E-state index is 11.4. The Morgan fingerprint density at radius 2 is 1.61 bits per heavy atom. The number of hydrogen-bond acceptors (Lipinski definition) is 2. The van der Waals surface area contributed by atoms with Gasteiger partial charge in [0, 0.05) is 5.92 Å². The number of carboxylic acid groups (broad SMARTS) is 1. The summed E-state index contributed by atoms with van der Waals surface area (Å²) in [6.07, 6.45) is 7.65. The summed E-state index contributed by atoms with van der Waals surface area (Å²) >= 11 is 0. The highest BCUT2D eigenvalue weighted by Gasteiger charge is 2.37. The zero-order chi connectivity index (χ0) is 26.1. The van der Waals surface area contributed by atoms with Crippen molar-refractivity contribution in [3.8, 4) is 5.75 Å². The molecule has 0 aliphatic heterocycles. The average Bonchev–Trinajstić information content (AvgIpc) is 2.84. The molecule has 1 unspecified atom stereocenters. The second-order valence-corrected chi connectivity index (χ2v) is 11.5. The van der Waals surface area contributed by atoms with E-state index in [4.69, 9.17) is 4.74 Å². The van der Waals surface area contributed by atoms with Crippen LogP contribution < -0.4 is 4.74 Å². The molecule has 0 saturated heterocycles. The fourth-order valence-corrected chi connectivity index (χ4v) is 5.41. The first-order valence-electron chi connectivity index (χ1n) is 12.8. The van der Waals surface area contributed by atoms with Crippen molar-refractivity contribution in [1.29, 1.82) is 0 Å². The van der Waals surface area contributed by atoms with Crippen LogP contribution in [0.15, 0.2) is 66.7 Å². The van der Waals surface area contributed by atoms with E-state index in [1.165, 1.54) is 35.1 Å². The molecule has 1 aliphatic carbocycles. The van der Waals surface area contributed by atoms with Crippen molar-refractivity contribution in [3.05, 3.63) is 106 Å². The number of fused-ring (bicyclic) bond motifs is 1. The minimum atomic E-state index is -0.889. The number of methoxy groups -OCH3 is 1. The molecule has 1 aliphatic rings. The summed E-state index contributed by atoms with van der Waals surface area (Å²) in [5.41, 5.74) is 7.96. The van der Waals surface area contributed by atoms with E-state index < -0.39 is 5.97 Å². The summed E-state index contributed by atoms with van der Waals surface area (Å²) in [4.78, 5) is 11.4. The van der Waals surface area contributed by atoms with E-state index in [0.29, 0.717) is 5.56 Å². The number of carboxylic acids is 1. The van der Waals surface area contributed by atoms with E-state index >= 15 is 0 Å². The van der Waals surface area contributed by atoms with Gasteiger partial charge in [0.15, 0.2) is 0 Å². The minimum absolute atomic E-state index is 0.152. The van der Waals surface area contributed by atoms with Gasteiger partial charge in [0.1, 0.15) is 5.75 Å². The van der Waals surface area contributed by atoms with Crippen LogP contribution in [-0.2, 0) is 17.3 Å². The van der Waals surface area contributed by atoms with Gasteiger partial charge in [-0.05, 0) is 88.6 Å². The number of aryl methyl sites for hydroxylation is 1. The molecule has 0 spiro atoms. The maximum absolute atomic E-state index is 11.4. The molecular weight excluding hydrogens is 444 g/mol. The Balaban J connectivity index is 1.73. The lowest BCUT2D eigenvalue weighted by Crippen LogP contribution is -2.34. The molecule has 0 bridgehead atoms. The van der Waals surface area contributed by atoms with Gasteiger partial charge in [-0.1, -0.05) is 82.3 Å². The van der Waals surface area contributed by atoms with Crippen LogP contribution in [0.2, 0.25) is 0 Å². The number of hydrogen-bond donors (Lipinski definition) is 1. The lowest BCUT2D eigenvalue weighted by molar-refractivity contribution is 0.0696. The topological polar surface area (TPSA) is 46.5 Å². The molecule has 0 heterocycles. The summed E-state index contributed by atoms with van der Waals surface area (Å²) in [5, 5.41) is 9.37. The van der Waals surface area contributed by atoms with Gasteiger partial charge in [-0.2, -0.15) is 0 Å².